The van der Waals surface area contributed by atoms with Gasteiger partial charge in [-0.05, 0) is 43.0 Å². The summed E-state index contributed by atoms with van der Waals surface area (Å²) < 4.78 is 20.7. The van der Waals surface area contributed by atoms with Crippen molar-refractivity contribution >= 4 is 16.7 Å². The number of oxazole rings is 1. The highest BCUT2D eigenvalue weighted by Gasteiger charge is 2.31. The van der Waals surface area contributed by atoms with Crippen molar-refractivity contribution < 1.29 is 13.6 Å². The van der Waals surface area contributed by atoms with Crippen molar-refractivity contribution in [3.05, 3.63) is 94.3 Å². The molecule has 0 radical (unpaired) electrons. The van der Waals surface area contributed by atoms with Crippen molar-refractivity contribution in [2.45, 2.75) is 38.3 Å². The molecule has 0 N–H and O–H groups in total. The van der Waals surface area contributed by atoms with Crippen LogP contribution in [0.1, 0.15) is 42.5 Å². The molecule has 4 aromatic rings. The van der Waals surface area contributed by atoms with Gasteiger partial charge in [0.1, 0.15) is 24.2 Å². The van der Waals surface area contributed by atoms with E-state index >= 15 is 0 Å². The van der Waals surface area contributed by atoms with Gasteiger partial charge in [-0.1, -0.05) is 30.3 Å². The first kappa shape index (κ1) is 21.1. The van der Waals surface area contributed by atoms with Crippen molar-refractivity contribution in [3.8, 4) is 0 Å². The van der Waals surface area contributed by atoms with Crippen molar-refractivity contribution in [2.75, 3.05) is 6.54 Å². The normalized spacial score (nSPS) is 16.3. The summed E-state index contributed by atoms with van der Waals surface area (Å²) in [5.41, 5.74) is 0.500. The van der Waals surface area contributed by atoms with Gasteiger partial charge in [0, 0.05) is 18.4 Å². The number of aromatic nitrogens is 3. The van der Waals surface area contributed by atoms with E-state index in [0.717, 1.165) is 30.2 Å². The summed E-state index contributed by atoms with van der Waals surface area (Å²) in [6.45, 7) is 0.421. The van der Waals surface area contributed by atoms with E-state index in [2.05, 4.69) is 10.1 Å². The molecule has 7 nitrogen and oxygen atoms in total. The third-order valence-electron chi connectivity index (χ3n) is 5.99. The lowest BCUT2D eigenvalue weighted by Gasteiger charge is -2.33. The number of rotatable bonds is 5. The number of fused-ring (bicyclic) bond motifs is 1. The SMILES string of the molecule is O=C(Cn1ncc2ccccc2c1=O)N1CCCCC1c1ncc(Cc2cccc(F)c2)o1. The first-order valence-corrected chi connectivity index (χ1v) is 11.0. The molecule has 1 amide bonds. The summed E-state index contributed by atoms with van der Waals surface area (Å²) in [5.74, 6) is 0.581. The number of hydrogen-bond donors (Lipinski definition) is 0. The van der Waals surface area contributed by atoms with Gasteiger partial charge in [-0.2, -0.15) is 5.10 Å². The highest BCUT2D eigenvalue weighted by Crippen LogP contribution is 2.31. The van der Waals surface area contributed by atoms with Crippen molar-refractivity contribution in [1.82, 2.24) is 19.7 Å². The number of carbonyl (C=O) groups is 1. The minimum absolute atomic E-state index is 0.142. The number of nitrogens with zero attached hydrogens (tertiary/aromatic N) is 4. The number of amides is 1. The molecule has 33 heavy (non-hydrogen) atoms. The van der Waals surface area contributed by atoms with Gasteiger partial charge < -0.3 is 9.32 Å². The van der Waals surface area contributed by atoms with E-state index in [0.29, 0.717) is 30.0 Å². The zero-order valence-corrected chi connectivity index (χ0v) is 18.0. The smallest absolute Gasteiger partial charge is 0.275 e. The Bertz CT molecular complexity index is 1360. The van der Waals surface area contributed by atoms with Crippen LogP contribution in [0, 0.1) is 5.82 Å². The fourth-order valence-corrected chi connectivity index (χ4v) is 4.35. The van der Waals surface area contributed by atoms with E-state index in [9.17, 15) is 14.0 Å². The average Bonchev–Trinajstić information content (AvgIpc) is 3.29. The Hall–Kier alpha value is -3.81. The second-order valence-corrected chi connectivity index (χ2v) is 8.26. The van der Waals surface area contributed by atoms with Gasteiger partial charge in [0.25, 0.3) is 5.56 Å². The maximum Gasteiger partial charge on any atom is 0.275 e. The lowest BCUT2D eigenvalue weighted by atomic mass is 10.0. The summed E-state index contributed by atoms with van der Waals surface area (Å²) >= 11 is 0. The fraction of sp³-hybridized carbons (Fsp3) is 0.280. The Kier molecular flexibility index (Phi) is 5.73. The summed E-state index contributed by atoms with van der Waals surface area (Å²) in [6, 6.07) is 13.2. The van der Waals surface area contributed by atoms with Gasteiger partial charge in [-0.15, -0.1) is 0 Å². The van der Waals surface area contributed by atoms with E-state index in [1.807, 2.05) is 18.2 Å². The molecule has 2 aromatic heterocycles. The van der Waals surface area contributed by atoms with E-state index < -0.39 is 0 Å². The third kappa shape index (κ3) is 4.41. The van der Waals surface area contributed by atoms with Crippen LogP contribution in [-0.2, 0) is 17.8 Å². The van der Waals surface area contributed by atoms with Gasteiger partial charge in [0.05, 0.1) is 17.8 Å². The predicted octanol–water partition coefficient (Wildman–Crippen LogP) is 3.87. The lowest BCUT2D eigenvalue weighted by molar-refractivity contribution is -0.136. The lowest BCUT2D eigenvalue weighted by Crippen LogP contribution is -2.42. The predicted molar refractivity (Wildman–Crippen MR) is 120 cm³/mol. The highest BCUT2D eigenvalue weighted by molar-refractivity contribution is 5.81. The molecular formula is C25H23FN4O3. The molecule has 0 spiro atoms. The molecule has 0 bridgehead atoms. The first-order valence-electron chi connectivity index (χ1n) is 11.0. The van der Waals surface area contributed by atoms with Gasteiger partial charge in [0.2, 0.25) is 11.8 Å². The number of hydrogen-bond acceptors (Lipinski definition) is 5. The van der Waals surface area contributed by atoms with Crippen LogP contribution in [0.3, 0.4) is 0 Å². The molecule has 168 valence electrons. The van der Waals surface area contributed by atoms with Gasteiger partial charge in [0.15, 0.2) is 0 Å². The zero-order chi connectivity index (χ0) is 22.8. The molecular weight excluding hydrogens is 423 g/mol. The Balaban J connectivity index is 1.35. The van der Waals surface area contributed by atoms with E-state index in [-0.39, 0.29) is 29.9 Å². The minimum atomic E-state index is -0.302. The van der Waals surface area contributed by atoms with E-state index in [1.54, 1.807) is 35.5 Å². The Morgan fingerprint density at radius 2 is 2.00 bits per heavy atom. The largest absolute Gasteiger partial charge is 0.443 e. The monoisotopic (exact) mass is 446 g/mol. The van der Waals surface area contributed by atoms with Crippen molar-refractivity contribution in [2.24, 2.45) is 0 Å². The molecule has 1 fully saturated rings. The van der Waals surface area contributed by atoms with Crippen LogP contribution in [0.15, 0.2) is 70.1 Å². The number of likely N-dealkylation sites (tertiary alicyclic amines) is 1. The zero-order valence-electron chi connectivity index (χ0n) is 18.0. The molecule has 1 atom stereocenters. The van der Waals surface area contributed by atoms with Crippen LogP contribution in [-0.4, -0.2) is 32.1 Å². The van der Waals surface area contributed by atoms with Gasteiger partial charge in [-0.3, -0.25) is 9.59 Å². The topological polar surface area (TPSA) is 81.2 Å². The first-order chi connectivity index (χ1) is 16.1. The number of piperidine rings is 1. The Morgan fingerprint density at radius 1 is 1.12 bits per heavy atom. The maximum absolute atomic E-state index is 13.5. The Labute approximate surface area is 189 Å². The number of benzene rings is 2. The number of carbonyl (C=O) groups excluding carboxylic acids is 1. The second kappa shape index (κ2) is 8.97. The molecule has 1 unspecified atom stereocenters. The third-order valence-corrected chi connectivity index (χ3v) is 5.99. The van der Waals surface area contributed by atoms with Crippen LogP contribution >= 0.6 is 0 Å². The van der Waals surface area contributed by atoms with Crippen molar-refractivity contribution in [3.63, 3.8) is 0 Å². The van der Waals surface area contributed by atoms with Crippen LogP contribution < -0.4 is 5.56 Å². The summed E-state index contributed by atoms with van der Waals surface area (Å²) in [6.07, 6.45) is 6.20. The van der Waals surface area contributed by atoms with Crippen LogP contribution in [0.5, 0.6) is 0 Å². The summed E-state index contributed by atoms with van der Waals surface area (Å²) in [7, 11) is 0. The summed E-state index contributed by atoms with van der Waals surface area (Å²) in [5, 5.41) is 5.46. The van der Waals surface area contributed by atoms with E-state index in [4.69, 9.17) is 4.42 Å². The van der Waals surface area contributed by atoms with Gasteiger partial charge >= 0.3 is 0 Å². The maximum atomic E-state index is 13.5. The van der Waals surface area contributed by atoms with Crippen LogP contribution in [0.2, 0.25) is 0 Å². The Morgan fingerprint density at radius 3 is 2.88 bits per heavy atom. The second-order valence-electron chi connectivity index (χ2n) is 8.26. The quantitative estimate of drug-likeness (QED) is 0.465. The minimum Gasteiger partial charge on any atom is -0.443 e. The van der Waals surface area contributed by atoms with Crippen LogP contribution in [0.4, 0.5) is 4.39 Å². The molecule has 5 rings (SSSR count). The molecule has 8 heteroatoms. The molecule has 1 aliphatic rings. The molecule has 3 heterocycles. The highest BCUT2D eigenvalue weighted by atomic mass is 19.1. The standard InChI is InChI=1S/C25H23FN4O3/c26-19-8-5-6-17(12-19)13-20-15-27-24(33-20)22-10-3-4-11-29(22)23(31)16-30-25(32)21-9-2-1-7-18(21)14-28-30/h1-2,5-9,12,14-15,22H,3-4,10-11,13,16H2. The molecule has 2 aromatic carbocycles. The molecule has 0 saturated carbocycles. The molecule has 1 aliphatic heterocycles. The molecule has 0 aliphatic carbocycles. The average molecular weight is 446 g/mol. The van der Waals surface area contributed by atoms with Crippen LogP contribution in [0.25, 0.3) is 10.8 Å². The van der Waals surface area contributed by atoms with Gasteiger partial charge in [-0.25, -0.2) is 14.1 Å². The number of halogens is 1. The van der Waals surface area contributed by atoms with E-state index in [1.165, 1.54) is 16.8 Å². The summed E-state index contributed by atoms with van der Waals surface area (Å²) in [4.78, 5) is 32.1. The van der Waals surface area contributed by atoms with Crippen molar-refractivity contribution in [1.29, 1.82) is 0 Å². The fourth-order valence-electron chi connectivity index (χ4n) is 4.35. The molecule has 1 saturated heterocycles.